The molecule has 10 aromatic rings. The molecule has 0 saturated carbocycles. The maximum Gasteiger partial charge on any atom is 0.167 e. The van der Waals surface area contributed by atoms with Crippen LogP contribution in [0.5, 0.6) is 0 Å². The Labute approximate surface area is 274 Å². The van der Waals surface area contributed by atoms with Gasteiger partial charge in [-0.2, -0.15) is 0 Å². The second-order valence-electron chi connectivity index (χ2n) is 12.0. The fraction of sp³-hybridized carbons (Fsp3) is 0. The maximum atomic E-state index is 6.81. The Hall–Kier alpha value is -6.59. The van der Waals surface area contributed by atoms with Gasteiger partial charge in [0.05, 0.1) is 5.56 Å². The van der Waals surface area contributed by atoms with Crippen LogP contribution >= 0.6 is 0 Å². The molecule has 0 unspecified atom stereocenters. The quantitative estimate of drug-likeness (QED) is 0.197. The topological polar surface area (TPSA) is 65.0 Å². The van der Waals surface area contributed by atoms with Crippen LogP contribution in [0.25, 0.3) is 99.9 Å². The Morgan fingerprint density at radius 2 is 0.938 bits per heavy atom. The normalized spacial score (nSPS) is 11.8. The van der Waals surface area contributed by atoms with Gasteiger partial charge in [0.25, 0.3) is 0 Å². The number of fused-ring (bicyclic) bond motifs is 7. The van der Waals surface area contributed by atoms with Crippen molar-refractivity contribution >= 4 is 54.6 Å². The second-order valence-corrected chi connectivity index (χ2v) is 12.0. The average Bonchev–Trinajstić information content (AvgIpc) is 3.72. The highest BCUT2D eigenvalue weighted by molar-refractivity contribution is 6.19. The molecule has 0 radical (unpaired) electrons. The molecule has 10 rings (SSSR count). The first-order valence-corrected chi connectivity index (χ1v) is 15.9. The van der Waals surface area contributed by atoms with Crippen LogP contribution in [0.1, 0.15) is 0 Å². The second kappa shape index (κ2) is 10.5. The molecule has 0 spiro atoms. The molecule has 3 aromatic heterocycles. The molecule has 0 saturated heterocycles. The van der Waals surface area contributed by atoms with Gasteiger partial charge in [0, 0.05) is 32.7 Å². The molecule has 3 heterocycles. The number of furan rings is 2. The molecular weight excluding hydrogens is 590 g/mol. The average molecular weight is 616 g/mol. The standard InChI is InChI=1S/C43H25N3O2/c1-3-11-26(12-4-1)41-44-42(27-13-5-2-6-14-27)46-43(45-41)34-22-21-31(30-19-20-33-32-17-9-10-18-36(32)47-37(33)25-30)39-35-23-28-15-7-8-16-29(28)24-38(35)48-40(34)39/h1-25H. The van der Waals surface area contributed by atoms with E-state index in [2.05, 4.69) is 72.8 Å². The monoisotopic (exact) mass is 615 g/mol. The number of benzene rings is 7. The van der Waals surface area contributed by atoms with Gasteiger partial charge >= 0.3 is 0 Å². The maximum absolute atomic E-state index is 6.81. The van der Waals surface area contributed by atoms with Gasteiger partial charge in [-0.05, 0) is 58.3 Å². The third-order valence-corrected chi connectivity index (χ3v) is 9.12. The van der Waals surface area contributed by atoms with E-state index >= 15 is 0 Å². The van der Waals surface area contributed by atoms with Crippen molar-refractivity contribution in [1.82, 2.24) is 15.0 Å². The summed E-state index contributed by atoms with van der Waals surface area (Å²) in [6.45, 7) is 0. The van der Waals surface area contributed by atoms with Gasteiger partial charge < -0.3 is 8.83 Å². The predicted molar refractivity (Wildman–Crippen MR) is 194 cm³/mol. The summed E-state index contributed by atoms with van der Waals surface area (Å²) in [4.78, 5) is 15.0. The summed E-state index contributed by atoms with van der Waals surface area (Å²) in [7, 11) is 0. The van der Waals surface area contributed by atoms with Crippen molar-refractivity contribution in [2.45, 2.75) is 0 Å². The molecule has 0 fully saturated rings. The first-order chi connectivity index (χ1) is 23.8. The Balaban J connectivity index is 1.26. The lowest BCUT2D eigenvalue weighted by atomic mass is 9.95. The highest BCUT2D eigenvalue weighted by Crippen LogP contribution is 2.43. The number of rotatable bonds is 4. The summed E-state index contributed by atoms with van der Waals surface area (Å²) >= 11 is 0. The zero-order chi connectivity index (χ0) is 31.6. The summed E-state index contributed by atoms with van der Waals surface area (Å²) in [5, 5.41) is 6.51. The van der Waals surface area contributed by atoms with Gasteiger partial charge in [-0.3, -0.25) is 0 Å². The molecule has 0 N–H and O–H groups in total. The van der Waals surface area contributed by atoms with Crippen LogP contribution in [-0.4, -0.2) is 15.0 Å². The van der Waals surface area contributed by atoms with Crippen LogP contribution in [0.15, 0.2) is 160 Å². The van der Waals surface area contributed by atoms with E-state index in [1.165, 1.54) is 0 Å². The van der Waals surface area contributed by atoms with Crippen LogP contribution in [-0.2, 0) is 0 Å². The highest BCUT2D eigenvalue weighted by atomic mass is 16.3. The van der Waals surface area contributed by atoms with Gasteiger partial charge in [0.15, 0.2) is 17.5 Å². The Morgan fingerprint density at radius 1 is 0.354 bits per heavy atom. The van der Waals surface area contributed by atoms with Crippen molar-refractivity contribution < 1.29 is 8.83 Å². The van der Waals surface area contributed by atoms with Crippen LogP contribution in [0.2, 0.25) is 0 Å². The first kappa shape index (κ1) is 26.6. The number of nitrogens with zero attached hydrogens (tertiary/aromatic N) is 3. The summed E-state index contributed by atoms with van der Waals surface area (Å²) in [6, 6.07) is 51.6. The molecule has 0 bridgehead atoms. The van der Waals surface area contributed by atoms with Crippen molar-refractivity contribution in [3.63, 3.8) is 0 Å². The number of hydrogen-bond acceptors (Lipinski definition) is 5. The Kier molecular flexibility index (Phi) is 5.81. The van der Waals surface area contributed by atoms with Crippen LogP contribution in [0.4, 0.5) is 0 Å². The van der Waals surface area contributed by atoms with E-state index in [1.54, 1.807) is 0 Å². The molecule has 0 aliphatic heterocycles. The minimum atomic E-state index is 0.551. The predicted octanol–water partition coefficient (Wildman–Crippen LogP) is 11.5. The van der Waals surface area contributed by atoms with Gasteiger partial charge in [-0.15, -0.1) is 0 Å². The molecule has 7 aromatic carbocycles. The minimum Gasteiger partial charge on any atom is -0.456 e. The Bertz CT molecular complexity index is 2780. The Morgan fingerprint density at radius 3 is 1.69 bits per heavy atom. The molecule has 48 heavy (non-hydrogen) atoms. The van der Waals surface area contributed by atoms with Crippen molar-refractivity contribution in [2.75, 3.05) is 0 Å². The van der Waals surface area contributed by atoms with E-state index in [-0.39, 0.29) is 0 Å². The first-order valence-electron chi connectivity index (χ1n) is 15.9. The van der Waals surface area contributed by atoms with Crippen LogP contribution in [0, 0.1) is 0 Å². The van der Waals surface area contributed by atoms with Crippen molar-refractivity contribution in [3.8, 4) is 45.3 Å². The van der Waals surface area contributed by atoms with E-state index in [9.17, 15) is 0 Å². The zero-order valence-electron chi connectivity index (χ0n) is 25.6. The molecule has 5 heteroatoms. The molecule has 0 aliphatic carbocycles. The SMILES string of the molecule is c1ccc(-c2nc(-c3ccccc3)nc(-c3ccc(-c4ccc5c(c4)oc4ccccc45)c4c3oc3cc5ccccc5cc34)n2)cc1. The van der Waals surface area contributed by atoms with Crippen LogP contribution in [0.3, 0.4) is 0 Å². The molecule has 0 atom stereocenters. The molecular formula is C43H25N3O2. The largest absolute Gasteiger partial charge is 0.456 e. The smallest absolute Gasteiger partial charge is 0.167 e. The van der Waals surface area contributed by atoms with E-state index in [1.807, 2.05) is 78.9 Å². The van der Waals surface area contributed by atoms with Crippen molar-refractivity contribution in [3.05, 3.63) is 152 Å². The van der Waals surface area contributed by atoms with E-state index < -0.39 is 0 Å². The summed E-state index contributed by atoms with van der Waals surface area (Å²) in [5.41, 5.74) is 7.99. The number of hydrogen-bond donors (Lipinski definition) is 0. The fourth-order valence-electron chi connectivity index (χ4n) is 6.80. The third-order valence-electron chi connectivity index (χ3n) is 9.12. The van der Waals surface area contributed by atoms with Crippen LogP contribution < -0.4 is 0 Å². The van der Waals surface area contributed by atoms with Gasteiger partial charge in [-0.25, -0.2) is 15.0 Å². The zero-order valence-corrected chi connectivity index (χ0v) is 25.6. The molecule has 0 aliphatic rings. The number of aromatic nitrogens is 3. The van der Waals surface area contributed by atoms with Gasteiger partial charge in [0.2, 0.25) is 0 Å². The molecule has 5 nitrogen and oxygen atoms in total. The lowest BCUT2D eigenvalue weighted by Crippen LogP contribution is -2.00. The highest BCUT2D eigenvalue weighted by Gasteiger charge is 2.22. The van der Waals surface area contributed by atoms with Gasteiger partial charge in [0.1, 0.15) is 22.3 Å². The van der Waals surface area contributed by atoms with Gasteiger partial charge in [-0.1, -0.05) is 115 Å². The van der Waals surface area contributed by atoms with E-state index in [0.29, 0.717) is 17.5 Å². The van der Waals surface area contributed by atoms with Crippen molar-refractivity contribution in [1.29, 1.82) is 0 Å². The molecule has 0 amide bonds. The summed E-state index contributed by atoms with van der Waals surface area (Å²) < 4.78 is 13.1. The summed E-state index contributed by atoms with van der Waals surface area (Å²) in [6.07, 6.45) is 0. The van der Waals surface area contributed by atoms with Crippen molar-refractivity contribution in [2.24, 2.45) is 0 Å². The number of para-hydroxylation sites is 1. The summed E-state index contributed by atoms with van der Waals surface area (Å²) in [5.74, 6) is 1.76. The fourth-order valence-corrected chi connectivity index (χ4v) is 6.80. The third kappa shape index (κ3) is 4.22. The van der Waals surface area contributed by atoms with E-state index in [0.717, 1.165) is 82.5 Å². The molecule has 224 valence electrons. The lowest BCUT2D eigenvalue weighted by molar-refractivity contribution is 0.668. The minimum absolute atomic E-state index is 0.551. The van der Waals surface area contributed by atoms with E-state index in [4.69, 9.17) is 23.8 Å². The lowest BCUT2D eigenvalue weighted by Gasteiger charge is -2.10.